The van der Waals surface area contributed by atoms with Crippen LogP contribution in [-0.4, -0.2) is 4.98 Å². The maximum Gasteiger partial charge on any atom is 0.416 e. The molecule has 1 aromatic heterocycles. The van der Waals surface area contributed by atoms with E-state index in [-0.39, 0.29) is 5.92 Å². The lowest BCUT2D eigenvalue weighted by molar-refractivity contribution is -0.138. The van der Waals surface area contributed by atoms with Crippen molar-refractivity contribution in [2.24, 2.45) is 0 Å². The molecule has 0 spiro atoms. The number of aromatic nitrogens is 1. The third kappa shape index (κ3) is 4.98. The van der Waals surface area contributed by atoms with Gasteiger partial charge in [-0.05, 0) is 66.8 Å². The Labute approximate surface area is 165 Å². The molecule has 3 rings (SSSR count). The molecular weight excluding hydrogens is 415 g/mol. The Hall–Kier alpha value is -2.14. The summed E-state index contributed by atoms with van der Waals surface area (Å²) in [6, 6.07) is 17.3. The van der Waals surface area contributed by atoms with Gasteiger partial charge in [-0.2, -0.15) is 13.2 Å². The van der Waals surface area contributed by atoms with Crippen LogP contribution in [0.2, 0.25) is 0 Å². The molecule has 140 valence electrons. The summed E-state index contributed by atoms with van der Waals surface area (Å²) in [6.07, 6.45) is -1.38. The Balaban J connectivity index is 1.99. The summed E-state index contributed by atoms with van der Waals surface area (Å²) >= 11 is 3.39. The van der Waals surface area contributed by atoms with Crippen LogP contribution in [0.25, 0.3) is 0 Å². The molecule has 1 heterocycles. The van der Waals surface area contributed by atoms with Crippen molar-refractivity contribution < 1.29 is 13.2 Å². The number of halogens is 4. The summed E-state index contributed by atoms with van der Waals surface area (Å²) in [5.41, 5.74) is 2.61. The van der Waals surface area contributed by atoms with Gasteiger partial charge in [-0.25, -0.2) is 0 Å². The van der Waals surface area contributed by atoms with Crippen LogP contribution in [0.15, 0.2) is 71.3 Å². The van der Waals surface area contributed by atoms with E-state index in [1.165, 1.54) is 6.07 Å². The Morgan fingerprint density at radius 3 is 2.37 bits per heavy atom. The van der Waals surface area contributed by atoms with Crippen molar-refractivity contribution in [3.05, 3.63) is 99.3 Å². The third-order valence-electron chi connectivity index (χ3n) is 4.60. The van der Waals surface area contributed by atoms with Gasteiger partial charge in [0, 0.05) is 22.3 Å². The smallest absolute Gasteiger partial charge is 0.262 e. The Kier molecular flexibility index (Phi) is 6.00. The maximum atomic E-state index is 13.6. The number of rotatable bonds is 5. The van der Waals surface area contributed by atoms with Gasteiger partial charge in [0.15, 0.2) is 0 Å². The summed E-state index contributed by atoms with van der Waals surface area (Å²) in [6.45, 7) is 1.91. The van der Waals surface area contributed by atoms with Gasteiger partial charge in [0.2, 0.25) is 0 Å². The van der Waals surface area contributed by atoms with Crippen molar-refractivity contribution in [2.75, 3.05) is 0 Å². The largest absolute Gasteiger partial charge is 0.416 e. The van der Waals surface area contributed by atoms with E-state index < -0.39 is 11.7 Å². The molecule has 3 aromatic rings. The topological polar surface area (TPSA) is 12.9 Å². The fraction of sp³-hybridized carbons (Fsp3) is 0.227. The molecule has 0 saturated carbocycles. The molecular formula is C22H19BrF3N. The van der Waals surface area contributed by atoms with Crippen molar-refractivity contribution in [2.45, 2.75) is 31.9 Å². The number of nitrogens with zero attached hydrogens (tertiary/aromatic N) is 1. The third-order valence-corrected chi connectivity index (χ3v) is 5.13. The van der Waals surface area contributed by atoms with Gasteiger partial charge in [0.1, 0.15) is 0 Å². The standard InChI is InChI=1S/C22H19BrF3N/c1-15-14-16(12-13-27-15)6-11-19(17-7-9-18(23)10-8-17)20-4-2-3-5-21(20)22(24,25)26/h2-5,7-10,12-14,19H,6,11H2,1H3. The lowest BCUT2D eigenvalue weighted by atomic mass is 9.84. The molecule has 0 saturated heterocycles. The molecule has 0 radical (unpaired) electrons. The zero-order chi connectivity index (χ0) is 19.4. The Morgan fingerprint density at radius 2 is 1.70 bits per heavy atom. The first-order valence-electron chi connectivity index (χ1n) is 8.67. The van der Waals surface area contributed by atoms with Crippen LogP contribution in [0.1, 0.15) is 40.3 Å². The quantitative estimate of drug-likeness (QED) is 0.424. The maximum absolute atomic E-state index is 13.6. The minimum Gasteiger partial charge on any atom is -0.262 e. The highest BCUT2D eigenvalue weighted by Gasteiger charge is 2.35. The summed E-state index contributed by atoms with van der Waals surface area (Å²) < 4.78 is 41.7. The van der Waals surface area contributed by atoms with Crippen molar-refractivity contribution in [1.82, 2.24) is 4.98 Å². The Bertz CT molecular complexity index is 904. The number of pyridine rings is 1. The molecule has 0 bridgehead atoms. The first-order chi connectivity index (χ1) is 12.8. The van der Waals surface area contributed by atoms with Crippen LogP contribution < -0.4 is 0 Å². The minimum absolute atomic E-state index is 0.318. The second-order valence-corrected chi connectivity index (χ2v) is 7.45. The van der Waals surface area contributed by atoms with Crippen LogP contribution >= 0.6 is 15.9 Å². The zero-order valence-corrected chi connectivity index (χ0v) is 16.4. The Morgan fingerprint density at radius 1 is 1.00 bits per heavy atom. The first-order valence-corrected chi connectivity index (χ1v) is 9.47. The summed E-state index contributed by atoms with van der Waals surface area (Å²) in [7, 11) is 0. The van der Waals surface area contributed by atoms with E-state index in [9.17, 15) is 13.2 Å². The number of hydrogen-bond donors (Lipinski definition) is 0. The van der Waals surface area contributed by atoms with Crippen LogP contribution in [0.4, 0.5) is 13.2 Å². The van der Waals surface area contributed by atoms with Crippen LogP contribution in [0, 0.1) is 6.92 Å². The van der Waals surface area contributed by atoms with Gasteiger partial charge in [-0.15, -0.1) is 0 Å². The number of aryl methyl sites for hydroxylation is 2. The van der Waals surface area contributed by atoms with Gasteiger partial charge in [-0.3, -0.25) is 4.98 Å². The zero-order valence-electron chi connectivity index (χ0n) is 14.8. The molecule has 1 unspecified atom stereocenters. The highest BCUT2D eigenvalue weighted by atomic mass is 79.9. The molecule has 0 N–H and O–H groups in total. The van der Waals surface area contributed by atoms with Gasteiger partial charge in [-0.1, -0.05) is 46.3 Å². The predicted octanol–water partition coefficient (Wildman–Crippen LogP) is 6.94. The summed E-state index contributed by atoms with van der Waals surface area (Å²) in [5.74, 6) is -0.343. The lowest BCUT2D eigenvalue weighted by Gasteiger charge is -2.22. The van der Waals surface area contributed by atoms with Crippen LogP contribution in [0.5, 0.6) is 0 Å². The minimum atomic E-state index is -4.38. The van der Waals surface area contributed by atoms with E-state index in [1.54, 1.807) is 18.3 Å². The molecule has 0 aliphatic rings. The molecule has 0 aliphatic heterocycles. The highest BCUT2D eigenvalue weighted by molar-refractivity contribution is 9.10. The van der Waals surface area contributed by atoms with Crippen molar-refractivity contribution >= 4 is 15.9 Å². The molecule has 1 atom stereocenters. The normalized spacial score (nSPS) is 12.8. The summed E-state index contributed by atoms with van der Waals surface area (Å²) in [5, 5.41) is 0. The van der Waals surface area contributed by atoms with Crippen molar-refractivity contribution in [3.8, 4) is 0 Å². The average Bonchev–Trinajstić information content (AvgIpc) is 2.63. The highest BCUT2D eigenvalue weighted by Crippen LogP contribution is 2.39. The number of benzene rings is 2. The van der Waals surface area contributed by atoms with Crippen molar-refractivity contribution in [1.29, 1.82) is 0 Å². The van der Waals surface area contributed by atoms with Gasteiger partial charge in [0.25, 0.3) is 0 Å². The van der Waals surface area contributed by atoms with Crippen LogP contribution in [0.3, 0.4) is 0 Å². The van der Waals surface area contributed by atoms with E-state index in [2.05, 4.69) is 20.9 Å². The van der Waals surface area contributed by atoms with E-state index >= 15 is 0 Å². The van der Waals surface area contributed by atoms with Crippen molar-refractivity contribution in [3.63, 3.8) is 0 Å². The fourth-order valence-corrected chi connectivity index (χ4v) is 3.59. The molecule has 2 aromatic carbocycles. The second kappa shape index (κ2) is 8.26. The average molecular weight is 434 g/mol. The van der Waals surface area contributed by atoms with Gasteiger partial charge >= 0.3 is 6.18 Å². The monoisotopic (exact) mass is 433 g/mol. The number of alkyl halides is 3. The SMILES string of the molecule is Cc1cc(CCC(c2ccc(Br)cc2)c2ccccc2C(F)(F)F)ccn1. The second-order valence-electron chi connectivity index (χ2n) is 6.53. The lowest BCUT2D eigenvalue weighted by Crippen LogP contribution is -2.13. The van der Waals surface area contributed by atoms with E-state index in [1.807, 2.05) is 43.3 Å². The predicted molar refractivity (Wildman–Crippen MR) is 105 cm³/mol. The molecule has 0 fully saturated rings. The molecule has 1 nitrogen and oxygen atoms in total. The molecule has 0 aliphatic carbocycles. The summed E-state index contributed by atoms with van der Waals surface area (Å²) in [4.78, 5) is 4.19. The van der Waals surface area contributed by atoms with Gasteiger partial charge < -0.3 is 0 Å². The fourth-order valence-electron chi connectivity index (χ4n) is 3.33. The van der Waals surface area contributed by atoms with Gasteiger partial charge in [0.05, 0.1) is 5.56 Å². The van der Waals surface area contributed by atoms with E-state index in [0.717, 1.165) is 27.4 Å². The van der Waals surface area contributed by atoms with Crippen LogP contribution in [-0.2, 0) is 12.6 Å². The number of hydrogen-bond acceptors (Lipinski definition) is 1. The first kappa shape index (κ1) is 19.6. The van der Waals surface area contributed by atoms with E-state index in [0.29, 0.717) is 18.4 Å². The molecule has 0 amide bonds. The molecule has 27 heavy (non-hydrogen) atoms. The van der Waals surface area contributed by atoms with E-state index in [4.69, 9.17) is 0 Å². The molecule has 5 heteroatoms.